The van der Waals surface area contributed by atoms with Crippen LogP contribution in [-0.4, -0.2) is 34.7 Å². The number of aliphatic hydroxyl groups is 2. The second kappa shape index (κ2) is 6.83. The summed E-state index contributed by atoms with van der Waals surface area (Å²) in [5.41, 5.74) is 5.90. The van der Waals surface area contributed by atoms with Gasteiger partial charge in [-0.15, -0.1) is 23.1 Å². The Bertz CT molecular complexity index is 320. The first-order chi connectivity index (χ1) is 7.54. The van der Waals surface area contributed by atoms with E-state index in [-0.39, 0.29) is 17.9 Å². The third-order valence-electron chi connectivity index (χ3n) is 2.03. The van der Waals surface area contributed by atoms with E-state index >= 15 is 0 Å². The monoisotopic (exact) mass is 281 g/mol. The van der Waals surface area contributed by atoms with Gasteiger partial charge in [-0.1, -0.05) is 11.6 Å². The molecule has 1 aromatic heterocycles. The van der Waals surface area contributed by atoms with Crippen LogP contribution >= 0.6 is 34.7 Å². The van der Waals surface area contributed by atoms with Crippen LogP contribution in [0.2, 0.25) is 4.34 Å². The summed E-state index contributed by atoms with van der Waals surface area (Å²) in [5, 5.41) is 18.2. The Kier molecular flexibility index (Phi) is 6.10. The highest BCUT2D eigenvalue weighted by Crippen LogP contribution is 2.37. The Morgan fingerprint density at radius 2 is 2.25 bits per heavy atom. The van der Waals surface area contributed by atoms with Crippen molar-refractivity contribution in [2.75, 3.05) is 12.4 Å². The van der Waals surface area contributed by atoms with Gasteiger partial charge < -0.3 is 15.9 Å². The van der Waals surface area contributed by atoms with E-state index in [1.165, 1.54) is 11.3 Å². The second-order valence-corrected chi connectivity index (χ2v) is 6.51. The van der Waals surface area contributed by atoms with E-state index in [4.69, 9.17) is 22.4 Å². The first-order valence-corrected chi connectivity index (χ1v) is 7.20. The largest absolute Gasteiger partial charge is 0.394 e. The molecule has 0 aliphatic carbocycles. The Morgan fingerprint density at radius 1 is 1.56 bits per heavy atom. The molecule has 0 radical (unpaired) electrons. The van der Waals surface area contributed by atoms with Crippen molar-refractivity contribution >= 4 is 34.7 Å². The number of aliphatic hydroxyl groups excluding tert-OH is 2. The molecular weight excluding hydrogens is 266 g/mol. The van der Waals surface area contributed by atoms with Gasteiger partial charge in [-0.25, -0.2) is 0 Å². The van der Waals surface area contributed by atoms with Gasteiger partial charge in [0.2, 0.25) is 0 Å². The molecule has 1 rings (SSSR count). The molecule has 0 aliphatic rings. The van der Waals surface area contributed by atoms with Gasteiger partial charge in [-0.3, -0.25) is 0 Å². The SMILES string of the molecule is CC(N)C(SCC(O)CO)c1ccc(Cl)s1. The van der Waals surface area contributed by atoms with Crippen molar-refractivity contribution in [2.45, 2.75) is 24.3 Å². The number of hydrogen-bond acceptors (Lipinski definition) is 5. The van der Waals surface area contributed by atoms with Crippen molar-refractivity contribution < 1.29 is 10.2 Å². The molecule has 0 aliphatic heterocycles. The van der Waals surface area contributed by atoms with Crippen molar-refractivity contribution in [1.29, 1.82) is 0 Å². The number of hydrogen-bond donors (Lipinski definition) is 3. The minimum atomic E-state index is -0.693. The fourth-order valence-corrected chi connectivity index (χ4v) is 3.83. The smallest absolute Gasteiger partial charge is 0.0931 e. The van der Waals surface area contributed by atoms with Crippen LogP contribution < -0.4 is 5.73 Å². The van der Waals surface area contributed by atoms with Crippen molar-refractivity contribution in [3.05, 3.63) is 21.3 Å². The Morgan fingerprint density at radius 3 is 2.69 bits per heavy atom. The zero-order valence-electron chi connectivity index (χ0n) is 8.97. The van der Waals surface area contributed by atoms with Crippen LogP contribution in [-0.2, 0) is 0 Å². The van der Waals surface area contributed by atoms with Gasteiger partial charge >= 0.3 is 0 Å². The van der Waals surface area contributed by atoms with Crippen molar-refractivity contribution in [3.8, 4) is 0 Å². The normalized spacial score (nSPS) is 17.1. The van der Waals surface area contributed by atoms with Gasteiger partial charge in [0.15, 0.2) is 0 Å². The molecule has 0 saturated heterocycles. The summed E-state index contributed by atoms with van der Waals surface area (Å²) >= 11 is 8.93. The molecule has 3 unspecified atom stereocenters. The lowest BCUT2D eigenvalue weighted by Crippen LogP contribution is -2.24. The van der Waals surface area contributed by atoms with E-state index in [1.54, 1.807) is 11.8 Å². The number of halogens is 1. The van der Waals surface area contributed by atoms with Gasteiger partial charge in [0.25, 0.3) is 0 Å². The predicted octanol–water partition coefficient (Wildman–Crippen LogP) is 1.88. The number of nitrogens with two attached hydrogens (primary N) is 1. The lowest BCUT2D eigenvalue weighted by Gasteiger charge is -2.20. The van der Waals surface area contributed by atoms with Crippen LogP contribution in [0.15, 0.2) is 12.1 Å². The molecule has 4 N–H and O–H groups in total. The molecule has 0 bridgehead atoms. The van der Waals surface area contributed by atoms with Crippen LogP contribution in [0.1, 0.15) is 17.1 Å². The summed E-state index contributed by atoms with van der Waals surface area (Å²) in [4.78, 5) is 1.11. The zero-order chi connectivity index (χ0) is 12.1. The zero-order valence-corrected chi connectivity index (χ0v) is 11.4. The number of rotatable bonds is 6. The van der Waals surface area contributed by atoms with E-state index in [0.717, 1.165) is 9.21 Å². The Labute approximate surface area is 109 Å². The van der Waals surface area contributed by atoms with E-state index in [0.29, 0.717) is 5.75 Å². The minimum Gasteiger partial charge on any atom is -0.394 e. The molecule has 1 aromatic rings. The highest BCUT2D eigenvalue weighted by Gasteiger charge is 2.20. The van der Waals surface area contributed by atoms with E-state index in [2.05, 4.69) is 0 Å². The summed E-state index contributed by atoms with van der Waals surface area (Å²) < 4.78 is 0.740. The summed E-state index contributed by atoms with van der Waals surface area (Å²) in [6.45, 7) is 1.71. The third-order valence-corrected chi connectivity index (χ3v) is 5.11. The van der Waals surface area contributed by atoms with Gasteiger partial charge in [-0.05, 0) is 19.1 Å². The first kappa shape index (κ1) is 14.3. The molecule has 0 amide bonds. The van der Waals surface area contributed by atoms with E-state index < -0.39 is 6.10 Å². The van der Waals surface area contributed by atoms with Crippen LogP contribution in [0, 0.1) is 0 Å². The molecule has 1 heterocycles. The van der Waals surface area contributed by atoms with Crippen molar-refractivity contribution in [2.24, 2.45) is 5.73 Å². The van der Waals surface area contributed by atoms with Crippen LogP contribution in [0.5, 0.6) is 0 Å². The Balaban J connectivity index is 2.61. The van der Waals surface area contributed by atoms with Crippen molar-refractivity contribution in [1.82, 2.24) is 0 Å². The maximum Gasteiger partial charge on any atom is 0.0931 e. The molecule has 16 heavy (non-hydrogen) atoms. The van der Waals surface area contributed by atoms with Gasteiger partial charge in [0.05, 0.1) is 22.3 Å². The summed E-state index contributed by atoms with van der Waals surface area (Å²) in [5.74, 6) is 0.470. The van der Waals surface area contributed by atoms with Crippen molar-refractivity contribution in [3.63, 3.8) is 0 Å². The predicted molar refractivity (Wildman–Crippen MR) is 71.3 cm³/mol. The summed E-state index contributed by atoms with van der Waals surface area (Å²) in [6.07, 6.45) is -0.693. The third kappa shape index (κ3) is 4.24. The molecule has 3 nitrogen and oxygen atoms in total. The number of thioether (sulfide) groups is 1. The molecule has 0 saturated carbocycles. The Hall–Kier alpha value is 0.220. The highest BCUT2D eigenvalue weighted by molar-refractivity contribution is 7.99. The fraction of sp³-hybridized carbons (Fsp3) is 0.600. The average Bonchev–Trinajstić information content (AvgIpc) is 2.64. The number of thiophene rings is 1. The molecule has 0 aromatic carbocycles. The highest BCUT2D eigenvalue weighted by atomic mass is 35.5. The van der Waals surface area contributed by atoms with Crippen LogP contribution in [0.25, 0.3) is 0 Å². The lowest BCUT2D eigenvalue weighted by molar-refractivity contribution is 0.113. The lowest BCUT2D eigenvalue weighted by atomic mass is 10.2. The molecule has 6 heteroatoms. The summed E-state index contributed by atoms with van der Waals surface area (Å²) in [6, 6.07) is 3.78. The molecule has 0 spiro atoms. The van der Waals surface area contributed by atoms with Gasteiger partial charge in [-0.2, -0.15) is 0 Å². The first-order valence-electron chi connectivity index (χ1n) is 4.96. The molecule has 3 atom stereocenters. The minimum absolute atomic E-state index is 0.0226. The maximum atomic E-state index is 9.31. The van der Waals surface area contributed by atoms with Gasteiger partial charge in [0.1, 0.15) is 0 Å². The quantitative estimate of drug-likeness (QED) is 0.745. The fourth-order valence-electron chi connectivity index (χ4n) is 1.24. The standard InChI is InChI=1S/C10H16ClNO2S2/c1-6(12)10(15-5-7(14)4-13)8-2-3-9(11)16-8/h2-3,6-7,10,13-14H,4-5,12H2,1H3. The molecular formula is C10H16ClNO2S2. The topological polar surface area (TPSA) is 66.5 Å². The second-order valence-electron chi connectivity index (χ2n) is 3.59. The van der Waals surface area contributed by atoms with E-state index in [1.807, 2.05) is 19.1 Å². The maximum absolute atomic E-state index is 9.31. The summed E-state index contributed by atoms with van der Waals surface area (Å²) in [7, 11) is 0. The van der Waals surface area contributed by atoms with Crippen LogP contribution in [0.4, 0.5) is 0 Å². The van der Waals surface area contributed by atoms with Gasteiger partial charge in [0, 0.05) is 16.7 Å². The average molecular weight is 282 g/mol. The van der Waals surface area contributed by atoms with E-state index in [9.17, 15) is 5.11 Å². The molecule has 92 valence electrons. The molecule has 0 fully saturated rings. The van der Waals surface area contributed by atoms with Crippen LogP contribution in [0.3, 0.4) is 0 Å².